The third-order valence-corrected chi connectivity index (χ3v) is 7.39. The summed E-state index contributed by atoms with van der Waals surface area (Å²) in [5.74, 6) is 3.15. The van der Waals surface area contributed by atoms with E-state index in [4.69, 9.17) is 23.8 Å². The van der Waals surface area contributed by atoms with Gasteiger partial charge in [0.05, 0.1) is 21.3 Å². The van der Waals surface area contributed by atoms with Crippen LogP contribution in [-0.4, -0.2) is 33.0 Å². The first kappa shape index (κ1) is 29.8. The van der Waals surface area contributed by atoms with Gasteiger partial charge in [-0.2, -0.15) is 0 Å². The molecule has 0 aliphatic heterocycles. The zero-order valence-electron chi connectivity index (χ0n) is 23.7. The van der Waals surface area contributed by atoms with Crippen molar-refractivity contribution in [3.63, 3.8) is 0 Å². The highest BCUT2D eigenvalue weighted by Crippen LogP contribution is 2.35. The second-order valence-corrected chi connectivity index (χ2v) is 10.4. The van der Waals surface area contributed by atoms with Crippen LogP contribution in [0.5, 0.6) is 23.0 Å². The molecule has 0 bridgehead atoms. The molecule has 0 aliphatic rings. The number of hydrogen-bond donors (Lipinski definition) is 1. The zero-order chi connectivity index (χ0) is 29.0. The molecule has 4 aromatic rings. The van der Waals surface area contributed by atoms with Crippen LogP contribution in [0.3, 0.4) is 0 Å². The van der Waals surface area contributed by atoms with Crippen molar-refractivity contribution < 1.29 is 28.6 Å². The van der Waals surface area contributed by atoms with Gasteiger partial charge in [-0.05, 0) is 66.6 Å². The normalized spacial score (nSPS) is 11.4. The minimum atomic E-state index is -0.625. The summed E-state index contributed by atoms with van der Waals surface area (Å²) >= 11 is 1.59. The number of aryl methyl sites for hydroxylation is 1. The highest BCUT2D eigenvalue weighted by molar-refractivity contribution is 7.99. The fourth-order valence-electron chi connectivity index (χ4n) is 4.05. The van der Waals surface area contributed by atoms with E-state index in [0.29, 0.717) is 23.9 Å². The van der Waals surface area contributed by atoms with Crippen molar-refractivity contribution in [3.8, 4) is 23.0 Å². The van der Waals surface area contributed by atoms with Gasteiger partial charge in [0.15, 0.2) is 0 Å². The Balaban J connectivity index is 1.43. The van der Waals surface area contributed by atoms with Gasteiger partial charge < -0.3 is 18.9 Å². The fraction of sp³-hybridized carbons (Fsp3) is 0.242. The Labute approximate surface area is 245 Å². The third kappa shape index (κ3) is 8.67. The first-order chi connectivity index (χ1) is 20.0. The van der Waals surface area contributed by atoms with E-state index in [0.717, 1.165) is 33.1 Å². The lowest BCUT2D eigenvalue weighted by molar-refractivity contribution is -0.136. The SMILES string of the molecule is COc1ccc(SCCC(=O)NOC(c2ccc(OCc3ccc(C)cc3)cc2)c2ccc(OC)cc2OC)cc1. The van der Waals surface area contributed by atoms with Gasteiger partial charge in [0, 0.05) is 28.7 Å². The van der Waals surface area contributed by atoms with E-state index in [2.05, 4.69) is 36.7 Å². The Morgan fingerprint density at radius 1 is 0.780 bits per heavy atom. The Kier molecular flexibility index (Phi) is 10.9. The molecule has 1 unspecified atom stereocenters. The maximum atomic E-state index is 12.7. The lowest BCUT2D eigenvalue weighted by Gasteiger charge is -2.21. The van der Waals surface area contributed by atoms with Crippen molar-refractivity contribution in [2.75, 3.05) is 27.1 Å². The van der Waals surface area contributed by atoms with Crippen LogP contribution < -0.4 is 24.4 Å². The standard InChI is InChI=1S/C33H35NO6S/c1-23-5-7-24(8-6-23)22-39-27-11-9-25(10-12-27)33(30-18-15-28(37-3)21-31(30)38-4)40-34-32(35)19-20-41-29-16-13-26(36-2)14-17-29/h5-18,21,33H,19-20,22H2,1-4H3,(H,34,35). The van der Waals surface area contributed by atoms with E-state index in [1.807, 2.05) is 60.7 Å². The van der Waals surface area contributed by atoms with Crippen molar-refractivity contribution in [2.45, 2.75) is 31.0 Å². The molecule has 8 heteroatoms. The van der Waals surface area contributed by atoms with E-state index in [9.17, 15) is 4.79 Å². The van der Waals surface area contributed by atoms with Crippen LogP contribution >= 0.6 is 11.8 Å². The van der Waals surface area contributed by atoms with Crippen LogP contribution in [0.25, 0.3) is 0 Å². The Bertz CT molecular complexity index is 1390. The lowest BCUT2D eigenvalue weighted by atomic mass is 10.00. The number of hydrogen-bond acceptors (Lipinski definition) is 7. The number of carbonyl (C=O) groups excluding carboxylic acids is 1. The molecular formula is C33H35NO6S. The van der Waals surface area contributed by atoms with E-state index in [1.54, 1.807) is 39.2 Å². The molecule has 1 amide bonds. The quantitative estimate of drug-likeness (QED) is 0.130. The van der Waals surface area contributed by atoms with Crippen LogP contribution in [0.1, 0.15) is 34.8 Å². The van der Waals surface area contributed by atoms with Crippen LogP contribution in [0, 0.1) is 6.92 Å². The summed E-state index contributed by atoms with van der Waals surface area (Å²) in [6.45, 7) is 2.53. The molecule has 41 heavy (non-hydrogen) atoms. The second-order valence-electron chi connectivity index (χ2n) is 9.25. The Morgan fingerprint density at radius 2 is 1.44 bits per heavy atom. The topological polar surface area (TPSA) is 75.3 Å². The first-order valence-corrected chi connectivity index (χ1v) is 14.2. The predicted molar refractivity (Wildman–Crippen MR) is 161 cm³/mol. The van der Waals surface area contributed by atoms with Gasteiger partial charge in [0.2, 0.25) is 5.91 Å². The predicted octanol–water partition coefficient (Wildman–Crippen LogP) is 6.92. The number of benzene rings is 4. The first-order valence-electron chi connectivity index (χ1n) is 13.2. The molecule has 0 saturated heterocycles. The summed E-state index contributed by atoms with van der Waals surface area (Å²) in [7, 11) is 4.82. The van der Waals surface area contributed by atoms with Crippen LogP contribution in [0.15, 0.2) is 95.9 Å². The van der Waals surface area contributed by atoms with Gasteiger partial charge in [-0.15, -0.1) is 11.8 Å². The minimum absolute atomic E-state index is 0.221. The van der Waals surface area contributed by atoms with Crippen molar-refractivity contribution >= 4 is 17.7 Å². The van der Waals surface area contributed by atoms with E-state index in [1.165, 1.54) is 5.56 Å². The van der Waals surface area contributed by atoms with Crippen LogP contribution in [0.2, 0.25) is 0 Å². The molecular weight excluding hydrogens is 538 g/mol. The summed E-state index contributed by atoms with van der Waals surface area (Å²) < 4.78 is 22.2. The lowest BCUT2D eigenvalue weighted by Crippen LogP contribution is -2.27. The number of ether oxygens (including phenoxy) is 4. The van der Waals surface area contributed by atoms with E-state index >= 15 is 0 Å². The minimum Gasteiger partial charge on any atom is -0.497 e. The fourth-order valence-corrected chi connectivity index (χ4v) is 4.90. The van der Waals surface area contributed by atoms with E-state index < -0.39 is 6.10 Å². The number of methoxy groups -OCH3 is 3. The number of carbonyl (C=O) groups is 1. The smallest absolute Gasteiger partial charge is 0.244 e. The summed E-state index contributed by atoms with van der Waals surface area (Å²) in [5.41, 5.74) is 6.51. The molecule has 1 N–H and O–H groups in total. The zero-order valence-corrected chi connectivity index (χ0v) is 24.5. The average Bonchev–Trinajstić information content (AvgIpc) is 3.01. The molecule has 4 aromatic carbocycles. The molecule has 0 fully saturated rings. The van der Waals surface area contributed by atoms with Crippen molar-refractivity contribution in [2.24, 2.45) is 0 Å². The monoisotopic (exact) mass is 573 g/mol. The number of nitrogens with one attached hydrogen (secondary N) is 1. The molecule has 0 aliphatic carbocycles. The molecule has 4 rings (SSSR count). The molecule has 1 atom stereocenters. The molecule has 214 valence electrons. The van der Waals surface area contributed by atoms with Gasteiger partial charge >= 0.3 is 0 Å². The number of rotatable bonds is 14. The van der Waals surface area contributed by atoms with Gasteiger partial charge in [-0.1, -0.05) is 42.0 Å². The van der Waals surface area contributed by atoms with Gasteiger partial charge in [-0.25, -0.2) is 5.48 Å². The molecule has 0 spiro atoms. The van der Waals surface area contributed by atoms with E-state index in [-0.39, 0.29) is 12.3 Å². The highest BCUT2D eigenvalue weighted by atomic mass is 32.2. The molecule has 0 radical (unpaired) electrons. The summed E-state index contributed by atoms with van der Waals surface area (Å²) in [4.78, 5) is 19.8. The average molecular weight is 574 g/mol. The summed E-state index contributed by atoms with van der Waals surface area (Å²) in [6, 6.07) is 29.1. The Morgan fingerprint density at radius 3 is 2.10 bits per heavy atom. The Hall–Kier alpha value is -4.14. The summed E-state index contributed by atoms with van der Waals surface area (Å²) in [6.07, 6.45) is -0.338. The molecule has 0 aromatic heterocycles. The van der Waals surface area contributed by atoms with Crippen LogP contribution in [-0.2, 0) is 16.2 Å². The van der Waals surface area contributed by atoms with Gasteiger partial charge in [0.25, 0.3) is 0 Å². The largest absolute Gasteiger partial charge is 0.497 e. The summed E-state index contributed by atoms with van der Waals surface area (Å²) in [5, 5.41) is 0. The van der Waals surface area contributed by atoms with Crippen molar-refractivity contribution in [1.82, 2.24) is 5.48 Å². The number of amides is 1. The van der Waals surface area contributed by atoms with Gasteiger partial charge in [0.1, 0.15) is 35.7 Å². The second kappa shape index (κ2) is 15.0. The van der Waals surface area contributed by atoms with Crippen molar-refractivity contribution in [3.05, 3.63) is 113 Å². The highest BCUT2D eigenvalue weighted by Gasteiger charge is 2.22. The molecule has 7 nitrogen and oxygen atoms in total. The maximum absolute atomic E-state index is 12.7. The third-order valence-electron chi connectivity index (χ3n) is 6.38. The van der Waals surface area contributed by atoms with Gasteiger partial charge in [-0.3, -0.25) is 9.63 Å². The maximum Gasteiger partial charge on any atom is 0.244 e. The molecule has 0 saturated carbocycles. The van der Waals surface area contributed by atoms with Crippen molar-refractivity contribution in [1.29, 1.82) is 0 Å². The van der Waals surface area contributed by atoms with Crippen LogP contribution in [0.4, 0.5) is 0 Å². The number of thioether (sulfide) groups is 1. The molecule has 0 heterocycles. The number of hydroxylamine groups is 1.